The van der Waals surface area contributed by atoms with Gasteiger partial charge in [0.15, 0.2) is 9.84 Å². The monoisotopic (exact) mass is 247 g/mol. The van der Waals surface area contributed by atoms with Gasteiger partial charge in [-0.1, -0.05) is 6.92 Å². The Kier molecular flexibility index (Phi) is 3.29. The summed E-state index contributed by atoms with van der Waals surface area (Å²) < 4.78 is 29.7. The summed E-state index contributed by atoms with van der Waals surface area (Å²) in [6.07, 6.45) is 5.01. The zero-order valence-electron chi connectivity index (χ0n) is 10.0. The van der Waals surface area contributed by atoms with E-state index in [0.717, 1.165) is 32.2 Å². The maximum absolute atomic E-state index is 11.8. The van der Waals surface area contributed by atoms with E-state index in [2.05, 4.69) is 12.2 Å². The summed E-state index contributed by atoms with van der Waals surface area (Å²) >= 11 is 0. The number of sulfone groups is 1. The molecule has 2 aliphatic rings. The Morgan fingerprint density at radius 2 is 2.25 bits per heavy atom. The molecule has 0 radical (unpaired) electrons. The molecule has 5 heteroatoms. The highest BCUT2D eigenvalue weighted by molar-refractivity contribution is 7.91. The van der Waals surface area contributed by atoms with Crippen molar-refractivity contribution in [3.05, 3.63) is 0 Å². The minimum absolute atomic E-state index is 0.163. The van der Waals surface area contributed by atoms with Gasteiger partial charge in [0.25, 0.3) is 0 Å². The first-order valence-corrected chi connectivity index (χ1v) is 8.01. The van der Waals surface area contributed by atoms with Gasteiger partial charge in [0.1, 0.15) is 0 Å². The van der Waals surface area contributed by atoms with Gasteiger partial charge in [-0.25, -0.2) is 8.42 Å². The summed E-state index contributed by atoms with van der Waals surface area (Å²) in [6.45, 7) is 3.60. The molecular weight excluding hydrogens is 226 g/mol. The van der Waals surface area contributed by atoms with E-state index >= 15 is 0 Å². The first-order chi connectivity index (χ1) is 7.48. The summed E-state index contributed by atoms with van der Waals surface area (Å²) in [6, 6.07) is 0. The van der Waals surface area contributed by atoms with E-state index in [1.165, 1.54) is 6.26 Å². The van der Waals surface area contributed by atoms with Crippen molar-refractivity contribution >= 4 is 9.84 Å². The van der Waals surface area contributed by atoms with E-state index in [-0.39, 0.29) is 11.4 Å². The van der Waals surface area contributed by atoms with Crippen LogP contribution in [0.2, 0.25) is 0 Å². The van der Waals surface area contributed by atoms with E-state index in [1.54, 1.807) is 0 Å². The summed E-state index contributed by atoms with van der Waals surface area (Å²) in [5.41, 5.74) is -0.452. The number of rotatable bonds is 2. The number of hydrogen-bond donors (Lipinski definition) is 1. The molecule has 1 heterocycles. The molecule has 3 atom stereocenters. The Morgan fingerprint density at radius 3 is 2.88 bits per heavy atom. The highest BCUT2D eigenvalue weighted by Gasteiger charge is 2.51. The minimum Gasteiger partial charge on any atom is -0.368 e. The lowest BCUT2D eigenvalue weighted by Crippen LogP contribution is -2.59. The second-order valence-electron chi connectivity index (χ2n) is 5.05. The molecule has 0 bridgehead atoms. The fourth-order valence-electron chi connectivity index (χ4n) is 3.04. The molecule has 0 amide bonds. The van der Waals surface area contributed by atoms with Crippen molar-refractivity contribution in [2.45, 2.75) is 49.6 Å². The Balaban J connectivity index is 2.22. The molecule has 1 N–H and O–H groups in total. The average Bonchev–Trinajstić information content (AvgIpc) is 2.61. The Labute approximate surface area is 97.7 Å². The molecule has 0 aromatic heterocycles. The lowest BCUT2D eigenvalue weighted by atomic mass is 9.98. The van der Waals surface area contributed by atoms with Crippen molar-refractivity contribution in [2.24, 2.45) is 0 Å². The van der Waals surface area contributed by atoms with Gasteiger partial charge in [-0.2, -0.15) is 0 Å². The normalized spacial score (nSPS) is 40.4. The van der Waals surface area contributed by atoms with Gasteiger partial charge in [-0.3, -0.25) is 0 Å². The highest BCUT2D eigenvalue weighted by atomic mass is 32.2. The van der Waals surface area contributed by atoms with Crippen molar-refractivity contribution in [1.29, 1.82) is 0 Å². The molecule has 1 spiro atoms. The largest absolute Gasteiger partial charge is 0.368 e. The van der Waals surface area contributed by atoms with E-state index in [1.807, 2.05) is 0 Å². The molecule has 0 aromatic rings. The Bertz CT molecular complexity index is 354. The predicted octanol–water partition coefficient (Wildman–Crippen LogP) is 0.721. The molecule has 1 aliphatic heterocycles. The zero-order chi connectivity index (χ0) is 11.8. The minimum atomic E-state index is -3.01. The molecule has 1 saturated carbocycles. The third-order valence-corrected chi connectivity index (χ3v) is 5.52. The molecule has 16 heavy (non-hydrogen) atoms. The molecule has 3 unspecified atom stereocenters. The standard InChI is InChI=1S/C11H21NO3S/c1-3-9-7-12-8-11(15-9)6-4-5-10(11)16(2,13)14/h9-10,12H,3-8H2,1-2H3. The van der Waals surface area contributed by atoms with Gasteiger partial charge in [0.05, 0.1) is 17.0 Å². The van der Waals surface area contributed by atoms with Crippen molar-refractivity contribution in [3.63, 3.8) is 0 Å². The van der Waals surface area contributed by atoms with Crippen LogP contribution in [0.15, 0.2) is 0 Å². The molecule has 0 aromatic carbocycles. The molecule has 1 saturated heterocycles. The fraction of sp³-hybridized carbons (Fsp3) is 1.00. The predicted molar refractivity (Wildman–Crippen MR) is 63.2 cm³/mol. The first kappa shape index (κ1) is 12.3. The molecular formula is C11H21NO3S. The van der Waals surface area contributed by atoms with Crippen molar-refractivity contribution in [2.75, 3.05) is 19.3 Å². The maximum Gasteiger partial charge on any atom is 0.153 e. The van der Waals surface area contributed by atoms with Crippen LogP contribution in [-0.2, 0) is 14.6 Å². The van der Waals surface area contributed by atoms with Crippen LogP contribution in [0.25, 0.3) is 0 Å². The lowest BCUT2D eigenvalue weighted by Gasteiger charge is -2.42. The van der Waals surface area contributed by atoms with Crippen molar-refractivity contribution in [1.82, 2.24) is 5.32 Å². The van der Waals surface area contributed by atoms with Gasteiger partial charge in [0.2, 0.25) is 0 Å². The van der Waals surface area contributed by atoms with Crippen LogP contribution in [0, 0.1) is 0 Å². The smallest absolute Gasteiger partial charge is 0.153 e. The SMILES string of the molecule is CCC1CNCC2(CCCC2S(C)(=O)=O)O1. The van der Waals surface area contributed by atoms with Gasteiger partial charge in [-0.05, 0) is 25.7 Å². The number of morpholine rings is 1. The zero-order valence-corrected chi connectivity index (χ0v) is 10.8. The third kappa shape index (κ3) is 2.13. The van der Waals surface area contributed by atoms with Crippen LogP contribution in [0.1, 0.15) is 32.6 Å². The van der Waals surface area contributed by atoms with Crippen molar-refractivity contribution < 1.29 is 13.2 Å². The number of nitrogens with one attached hydrogen (secondary N) is 1. The molecule has 2 rings (SSSR count). The number of hydrogen-bond acceptors (Lipinski definition) is 4. The topological polar surface area (TPSA) is 55.4 Å². The van der Waals surface area contributed by atoms with Crippen LogP contribution in [0.5, 0.6) is 0 Å². The van der Waals surface area contributed by atoms with Crippen LogP contribution in [-0.4, -0.2) is 44.7 Å². The second kappa shape index (κ2) is 4.27. The van der Waals surface area contributed by atoms with Crippen LogP contribution >= 0.6 is 0 Å². The van der Waals surface area contributed by atoms with Crippen molar-refractivity contribution in [3.8, 4) is 0 Å². The van der Waals surface area contributed by atoms with E-state index in [4.69, 9.17) is 4.74 Å². The van der Waals surface area contributed by atoms with Crippen LogP contribution in [0.4, 0.5) is 0 Å². The van der Waals surface area contributed by atoms with Gasteiger partial charge >= 0.3 is 0 Å². The van der Waals surface area contributed by atoms with E-state index < -0.39 is 15.4 Å². The summed E-state index contributed by atoms with van der Waals surface area (Å²) in [5.74, 6) is 0. The second-order valence-corrected chi connectivity index (χ2v) is 7.28. The first-order valence-electron chi connectivity index (χ1n) is 6.05. The maximum atomic E-state index is 11.8. The third-order valence-electron chi connectivity index (χ3n) is 3.82. The van der Waals surface area contributed by atoms with Crippen LogP contribution in [0.3, 0.4) is 0 Å². The Hall–Kier alpha value is -0.130. The molecule has 4 nitrogen and oxygen atoms in total. The van der Waals surface area contributed by atoms with Gasteiger partial charge in [-0.15, -0.1) is 0 Å². The van der Waals surface area contributed by atoms with Crippen LogP contribution < -0.4 is 5.32 Å². The molecule has 1 aliphatic carbocycles. The van der Waals surface area contributed by atoms with Gasteiger partial charge in [0, 0.05) is 19.3 Å². The van der Waals surface area contributed by atoms with E-state index in [9.17, 15) is 8.42 Å². The van der Waals surface area contributed by atoms with Gasteiger partial charge < -0.3 is 10.1 Å². The molecule has 94 valence electrons. The lowest BCUT2D eigenvalue weighted by molar-refractivity contribution is -0.110. The fourth-order valence-corrected chi connectivity index (χ4v) is 4.67. The number of ether oxygens (including phenoxy) is 1. The Morgan fingerprint density at radius 1 is 1.50 bits per heavy atom. The quantitative estimate of drug-likeness (QED) is 0.781. The summed E-state index contributed by atoms with van der Waals surface area (Å²) in [4.78, 5) is 0. The molecule has 2 fully saturated rings. The highest BCUT2D eigenvalue weighted by Crippen LogP contribution is 2.39. The summed E-state index contributed by atoms with van der Waals surface area (Å²) in [7, 11) is -3.01. The summed E-state index contributed by atoms with van der Waals surface area (Å²) in [5, 5.41) is 3.01. The van der Waals surface area contributed by atoms with E-state index in [0.29, 0.717) is 6.54 Å². The average molecular weight is 247 g/mol.